The molecular weight excluding hydrogens is 472 g/mol. The molecule has 0 unspecified atom stereocenters. The molecule has 5 rings (SSSR count). The van der Waals surface area contributed by atoms with Gasteiger partial charge >= 0.3 is 0 Å². The Morgan fingerprint density at radius 2 is 1.88 bits per heavy atom. The molecule has 3 aromatic heterocycles. The molecule has 6 nitrogen and oxygen atoms in total. The highest BCUT2D eigenvalue weighted by Crippen LogP contribution is 2.38. The van der Waals surface area contributed by atoms with Gasteiger partial charge in [0.1, 0.15) is 15.9 Å². The summed E-state index contributed by atoms with van der Waals surface area (Å²) in [6, 6.07) is 2.32. The zero-order valence-electron chi connectivity index (χ0n) is 18.7. The first-order chi connectivity index (χ1) is 16.1. The van der Waals surface area contributed by atoms with Gasteiger partial charge in [-0.05, 0) is 62.5 Å². The van der Waals surface area contributed by atoms with Crippen LogP contribution < -0.4 is 10.9 Å². The predicted octanol–water partition coefficient (Wildman–Crippen LogP) is 5.29. The number of hydrogen-bond acceptors (Lipinski definition) is 7. The number of nitrogens with zero attached hydrogens (tertiary/aromatic N) is 3. The van der Waals surface area contributed by atoms with Crippen LogP contribution in [0.3, 0.4) is 0 Å². The first kappa shape index (κ1) is 22.6. The highest BCUT2D eigenvalue weighted by molar-refractivity contribution is 7.99. The number of carbonyl (C=O) groups is 1. The number of amides is 1. The maximum atomic E-state index is 13.3. The molecule has 1 N–H and O–H groups in total. The summed E-state index contributed by atoms with van der Waals surface area (Å²) in [6.07, 6.45) is 9.24. The number of fused-ring (bicyclic) bond motifs is 4. The summed E-state index contributed by atoms with van der Waals surface area (Å²) in [5.74, 6) is -0.0147. The van der Waals surface area contributed by atoms with Gasteiger partial charge in [-0.1, -0.05) is 25.1 Å². The molecule has 0 spiro atoms. The highest BCUT2D eigenvalue weighted by Gasteiger charge is 2.24. The third kappa shape index (κ3) is 4.25. The van der Waals surface area contributed by atoms with E-state index in [0.717, 1.165) is 67.1 Å². The Bertz CT molecular complexity index is 1330. The molecule has 0 fully saturated rings. The SMILES string of the molecule is CCCn1c(SCC(=O)Nc2sc3c(c2C#N)CCCCC3)nc2sc3c(c2c1=O)CCC3. The molecule has 3 heterocycles. The number of aromatic nitrogens is 2. The second-order valence-corrected chi connectivity index (χ2v) is 11.7. The van der Waals surface area contributed by atoms with Gasteiger partial charge in [-0.2, -0.15) is 5.26 Å². The number of hydrogen-bond donors (Lipinski definition) is 1. The Balaban J connectivity index is 1.37. The van der Waals surface area contributed by atoms with E-state index in [2.05, 4.69) is 11.4 Å². The van der Waals surface area contributed by atoms with Crippen LogP contribution in [0.15, 0.2) is 9.95 Å². The van der Waals surface area contributed by atoms with E-state index in [1.807, 2.05) is 6.92 Å². The van der Waals surface area contributed by atoms with Crippen molar-refractivity contribution in [2.24, 2.45) is 0 Å². The smallest absolute Gasteiger partial charge is 0.263 e. The molecule has 0 aromatic carbocycles. The zero-order valence-corrected chi connectivity index (χ0v) is 21.1. The molecule has 0 saturated carbocycles. The van der Waals surface area contributed by atoms with E-state index in [1.54, 1.807) is 27.2 Å². The van der Waals surface area contributed by atoms with Crippen LogP contribution in [0.5, 0.6) is 0 Å². The van der Waals surface area contributed by atoms with Crippen LogP contribution in [0.4, 0.5) is 5.00 Å². The molecule has 1 amide bonds. The molecule has 2 aliphatic rings. The average Bonchev–Trinajstić information content (AvgIpc) is 3.42. The van der Waals surface area contributed by atoms with Crippen molar-refractivity contribution >= 4 is 55.6 Å². The number of rotatable bonds is 6. The fraction of sp³-hybridized carbons (Fsp3) is 0.500. The molecule has 3 aromatic rings. The van der Waals surface area contributed by atoms with Gasteiger partial charge in [0.2, 0.25) is 5.91 Å². The second kappa shape index (κ2) is 9.61. The summed E-state index contributed by atoms with van der Waals surface area (Å²) >= 11 is 4.48. The van der Waals surface area contributed by atoms with Crippen molar-refractivity contribution in [1.82, 2.24) is 9.55 Å². The molecule has 0 atom stereocenters. The minimum atomic E-state index is -0.168. The van der Waals surface area contributed by atoms with E-state index in [1.165, 1.54) is 33.5 Å². The summed E-state index contributed by atoms with van der Waals surface area (Å²) in [5, 5.41) is 14.7. The van der Waals surface area contributed by atoms with Crippen LogP contribution in [-0.4, -0.2) is 21.2 Å². The van der Waals surface area contributed by atoms with Crippen LogP contribution in [0.2, 0.25) is 0 Å². The Labute approximate surface area is 205 Å². The second-order valence-electron chi connectivity index (χ2n) is 8.61. The largest absolute Gasteiger partial charge is 0.316 e. The molecule has 0 bridgehead atoms. The van der Waals surface area contributed by atoms with Crippen molar-refractivity contribution in [2.75, 3.05) is 11.1 Å². The Morgan fingerprint density at radius 1 is 1.12 bits per heavy atom. The molecule has 0 aliphatic heterocycles. The van der Waals surface area contributed by atoms with Crippen molar-refractivity contribution in [3.8, 4) is 6.07 Å². The topological polar surface area (TPSA) is 87.8 Å². The lowest BCUT2D eigenvalue weighted by molar-refractivity contribution is -0.113. The molecule has 33 heavy (non-hydrogen) atoms. The summed E-state index contributed by atoms with van der Waals surface area (Å²) in [7, 11) is 0. The quantitative estimate of drug-likeness (QED) is 0.283. The molecular formula is C24H26N4O2S3. The van der Waals surface area contributed by atoms with Gasteiger partial charge in [0, 0.05) is 16.3 Å². The zero-order chi connectivity index (χ0) is 22.9. The third-order valence-corrected chi connectivity index (χ3v) is 9.72. The minimum Gasteiger partial charge on any atom is -0.316 e. The minimum absolute atomic E-state index is 0.0259. The maximum absolute atomic E-state index is 13.3. The van der Waals surface area contributed by atoms with Gasteiger partial charge in [0.05, 0.1) is 16.7 Å². The molecule has 0 saturated heterocycles. The predicted molar refractivity (Wildman–Crippen MR) is 136 cm³/mol. The van der Waals surface area contributed by atoms with Gasteiger partial charge < -0.3 is 5.32 Å². The number of carbonyl (C=O) groups excluding carboxylic acids is 1. The van der Waals surface area contributed by atoms with E-state index in [4.69, 9.17) is 4.98 Å². The van der Waals surface area contributed by atoms with Gasteiger partial charge in [0.15, 0.2) is 5.16 Å². The standard InChI is InChI=1S/C24H26N4O2S3/c1-2-11-28-23(30)20-15-8-6-10-18(15)33-22(20)27-24(28)31-13-19(29)26-21-16(12-25)14-7-4-3-5-9-17(14)32-21/h2-11,13H2,1H3,(H,26,29). The van der Waals surface area contributed by atoms with Crippen molar-refractivity contribution < 1.29 is 4.79 Å². The van der Waals surface area contributed by atoms with Crippen molar-refractivity contribution in [3.63, 3.8) is 0 Å². The number of thiophene rings is 2. The number of nitrogens with one attached hydrogen (secondary N) is 1. The number of nitriles is 1. The van der Waals surface area contributed by atoms with Gasteiger partial charge in [-0.3, -0.25) is 14.2 Å². The van der Waals surface area contributed by atoms with Crippen LogP contribution in [-0.2, 0) is 37.0 Å². The normalized spacial score (nSPS) is 15.2. The van der Waals surface area contributed by atoms with E-state index in [-0.39, 0.29) is 17.2 Å². The fourth-order valence-corrected chi connectivity index (χ4v) is 8.21. The summed E-state index contributed by atoms with van der Waals surface area (Å²) in [4.78, 5) is 34.3. The Hall–Kier alpha value is -2.15. The van der Waals surface area contributed by atoms with Crippen LogP contribution in [0.1, 0.15) is 65.5 Å². The monoisotopic (exact) mass is 498 g/mol. The van der Waals surface area contributed by atoms with E-state index < -0.39 is 0 Å². The molecule has 9 heteroatoms. The molecule has 0 radical (unpaired) electrons. The summed E-state index contributed by atoms with van der Waals surface area (Å²) in [6.45, 7) is 2.63. The van der Waals surface area contributed by atoms with E-state index in [0.29, 0.717) is 22.3 Å². The number of anilines is 1. The van der Waals surface area contributed by atoms with Crippen molar-refractivity contribution in [2.45, 2.75) is 76.4 Å². The number of aryl methyl sites for hydroxylation is 3. The number of thioether (sulfide) groups is 1. The van der Waals surface area contributed by atoms with Gasteiger partial charge in [-0.15, -0.1) is 22.7 Å². The van der Waals surface area contributed by atoms with Gasteiger partial charge in [0.25, 0.3) is 5.56 Å². The lowest BCUT2D eigenvalue weighted by Crippen LogP contribution is -2.24. The Kier molecular flexibility index (Phi) is 6.59. The van der Waals surface area contributed by atoms with Crippen molar-refractivity contribution in [1.29, 1.82) is 5.26 Å². The summed E-state index contributed by atoms with van der Waals surface area (Å²) in [5.41, 5.74) is 2.97. The van der Waals surface area contributed by atoms with E-state index in [9.17, 15) is 14.9 Å². The summed E-state index contributed by atoms with van der Waals surface area (Å²) < 4.78 is 1.74. The van der Waals surface area contributed by atoms with Crippen LogP contribution in [0, 0.1) is 11.3 Å². The molecule has 172 valence electrons. The fourth-order valence-electron chi connectivity index (χ4n) is 4.83. The lowest BCUT2D eigenvalue weighted by Gasteiger charge is -2.11. The van der Waals surface area contributed by atoms with Crippen LogP contribution >= 0.6 is 34.4 Å². The van der Waals surface area contributed by atoms with Crippen LogP contribution in [0.25, 0.3) is 10.2 Å². The molecule has 2 aliphatic carbocycles. The first-order valence-corrected chi connectivity index (χ1v) is 14.2. The third-order valence-electron chi connectivity index (χ3n) is 6.36. The maximum Gasteiger partial charge on any atom is 0.263 e. The average molecular weight is 499 g/mol. The van der Waals surface area contributed by atoms with Crippen molar-refractivity contribution in [3.05, 3.63) is 36.8 Å². The van der Waals surface area contributed by atoms with E-state index >= 15 is 0 Å². The first-order valence-electron chi connectivity index (χ1n) is 11.6. The lowest BCUT2D eigenvalue weighted by atomic mass is 10.1. The highest BCUT2D eigenvalue weighted by atomic mass is 32.2. The van der Waals surface area contributed by atoms with Gasteiger partial charge in [-0.25, -0.2) is 4.98 Å². The Morgan fingerprint density at radius 3 is 2.70 bits per heavy atom.